The monoisotopic (exact) mass is 540 g/mol. The van der Waals surface area contributed by atoms with Gasteiger partial charge in [-0.25, -0.2) is 22.8 Å². The predicted octanol–water partition coefficient (Wildman–Crippen LogP) is 5.36. The lowest BCUT2D eigenvalue weighted by atomic mass is 10.1. The fraction of sp³-hybridized carbons (Fsp3) is 0.115. The van der Waals surface area contributed by atoms with E-state index in [9.17, 15) is 22.7 Å². The Kier molecular flexibility index (Phi) is 7.70. The molecule has 1 amide bonds. The van der Waals surface area contributed by atoms with Crippen LogP contribution in [0.3, 0.4) is 0 Å². The van der Waals surface area contributed by atoms with Crippen LogP contribution in [-0.2, 0) is 16.3 Å². The summed E-state index contributed by atoms with van der Waals surface area (Å²) in [7, 11) is -3.55. The lowest BCUT2D eigenvalue weighted by molar-refractivity contribution is 0.102. The summed E-state index contributed by atoms with van der Waals surface area (Å²) in [5.41, 5.74) is 1.05. The number of phenols is 1. The number of aromatic hydroxyl groups is 1. The van der Waals surface area contributed by atoms with Crippen molar-refractivity contribution in [3.63, 3.8) is 0 Å². The second-order valence-electron chi connectivity index (χ2n) is 7.96. The van der Waals surface area contributed by atoms with Crippen molar-refractivity contribution in [2.24, 2.45) is 0 Å². The van der Waals surface area contributed by atoms with Crippen molar-refractivity contribution in [1.82, 2.24) is 9.97 Å². The quantitative estimate of drug-likeness (QED) is 0.257. The average Bonchev–Trinajstić information content (AvgIpc) is 2.88. The summed E-state index contributed by atoms with van der Waals surface area (Å²) in [5, 5.41) is 15.0. The third-order valence-electron chi connectivity index (χ3n) is 5.48. The number of benzene rings is 3. The maximum Gasteiger partial charge on any atom is 0.259 e. The Morgan fingerprint density at radius 1 is 1.05 bits per heavy atom. The van der Waals surface area contributed by atoms with Crippen LogP contribution in [-0.4, -0.2) is 35.2 Å². The van der Waals surface area contributed by atoms with Crippen LogP contribution in [0.1, 0.15) is 28.5 Å². The topological polar surface area (TPSA) is 121 Å². The summed E-state index contributed by atoms with van der Waals surface area (Å²) < 4.78 is 39.7. The molecule has 0 aliphatic rings. The van der Waals surface area contributed by atoms with E-state index in [1.807, 2.05) is 0 Å². The minimum atomic E-state index is -3.55. The number of sulfone groups is 1. The van der Waals surface area contributed by atoms with Crippen molar-refractivity contribution in [2.75, 3.05) is 16.4 Å². The Hall–Kier alpha value is -4.02. The fourth-order valence-corrected chi connectivity index (χ4v) is 4.91. The van der Waals surface area contributed by atoms with Crippen molar-refractivity contribution in [1.29, 1.82) is 0 Å². The lowest BCUT2D eigenvalue weighted by Crippen LogP contribution is -2.18. The molecule has 0 bridgehead atoms. The number of carbonyl (C=O) groups excluding carboxylic acids is 1. The summed E-state index contributed by atoms with van der Waals surface area (Å²) in [5.74, 6) is -1.31. The Balaban J connectivity index is 1.76. The zero-order valence-corrected chi connectivity index (χ0v) is 21.1. The third-order valence-corrected chi connectivity index (χ3v) is 7.63. The Morgan fingerprint density at radius 3 is 2.49 bits per heavy atom. The second-order valence-corrected chi connectivity index (χ2v) is 10.6. The predicted molar refractivity (Wildman–Crippen MR) is 140 cm³/mol. The number of hydrogen-bond donors (Lipinski definition) is 3. The number of phenolic OH excluding ortho intramolecular Hbond substituents is 1. The molecule has 11 heteroatoms. The molecule has 3 N–H and O–H groups in total. The van der Waals surface area contributed by atoms with E-state index >= 15 is 0 Å². The first kappa shape index (κ1) is 26.1. The van der Waals surface area contributed by atoms with Gasteiger partial charge in [0, 0.05) is 18.3 Å². The van der Waals surface area contributed by atoms with E-state index in [2.05, 4.69) is 20.6 Å². The number of amides is 1. The first-order valence-corrected chi connectivity index (χ1v) is 13.2. The minimum absolute atomic E-state index is 0.0132. The molecule has 1 aromatic heterocycles. The molecule has 0 radical (unpaired) electrons. The van der Waals surface area contributed by atoms with Gasteiger partial charge >= 0.3 is 0 Å². The highest BCUT2D eigenvalue weighted by Gasteiger charge is 2.22. The molecule has 1 heterocycles. The highest BCUT2D eigenvalue weighted by Crippen LogP contribution is 2.27. The number of hydrogen-bond acceptors (Lipinski definition) is 7. The summed E-state index contributed by atoms with van der Waals surface area (Å²) >= 11 is 6.06. The number of nitrogens with zero attached hydrogens (tertiary/aromatic N) is 2. The number of carbonyl (C=O) groups is 1. The van der Waals surface area contributed by atoms with E-state index in [4.69, 9.17) is 11.6 Å². The summed E-state index contributed by atoms with van der Waals surface area (Å²) in [4.78, 5) is 22.0. The van der Waals surface area contributed by atoms with Crippen LogP contribution in [0.5, 0.6) is 5.75 Å². The Morgan fingerprint density at radius 2 is 1.78 bits per heavy atom. The first-order chi connectivity index (χ1) is 17.7. The second kappa shape index (κ2) is 10.9. The van der Waals surface area contributed by atoms with Crippen molar-refractivity contribution in [2.45, 2.75) is 18.2 Å². The van der Waals surface area contributed by atoms with Gasteiger partial charge in [-0.15, -0.1) is 0 Å². The lowest BCUT2D eigenvalue weighted by Gasteiger charge is -2.14. The fourth-order valence-electron chi connectivity index (χ4n) is 3.56. The largest absolute Gasteiger partial charge is 0.508 e. The zero-order chi connectivity index (χ0) is 26.6. The molecule has 8 nitrogen and oxygen atoms in total. The van der Waals surface area contributed by atoms with Gasteiger partial charge in [-0.2, -0.15) is 0 Å². The van der Waals surface area contributed by atoms with Crippen molar-refractivity contribution in [3.8, 4) is 5.75 Å². The number of rotatable bonds is 8. The number of nitrogens with one attached hydrogen (secondary N) is 2. The molecular weight excluding hydrogens is 519 g/mol. The van der Waals surface area contributed by atoms with Crippen LogP contribution in [0.15, 0.2) is 77.8 Å². The van der Waals surface area contributed by atoms with Crippen molar-refractivity contribution in [3.05, 3.63) is 101 Å². The summed E-state index contributed by atoms with van der Waals surface area (Å²) in [6.07, 6.45) is 1.25. The third kappa shape index (κ3) is 6.04. The van der Waals surface area contributed by atoms with E-state index in [-0.39, 0.29) is 50.7 Å². The highest BCUT2D eigenvalue weighted by molar-refractivity contribution is 7.91. The molecule has 0 unspecified atom stereocenters. The molecule has 37 heavy (non-hydrogen) atoms. The van der Waals surface area contributed by atoms with Crippen LogP contribution < -0.4 is 10.6 Å². The van der Waals surface area contributed by atoms with Gasteiger partial charge in [0.05, 0.1) is 32.6 Å². The molecule has 0 fully saturated rings. The molecule has 0 aliphatic carbocycles. The van der Waals surface area contributed by atoms with Gasteiger partial charge in [0.25, 0.3) is 5.91 Å². The van der Waals surface area contributed by atoms with Crippen LogP contribution in [0.2, 0.25) is 5.02 Å². The Bertz CT molecular complexity index is 1540. The molecule has 0 saturated carbocycles. The summed E-state index contributed by atoms with van der Waals surface area (Å²) in [6, 6.07) is 16.7. The highest BCUT2D eigenvalue weighted by atomic mass is 35.5. The van der Waals surface area contributed by atoms with Gasteiger partial charge < -0.3 is 15.7 Å². The van der Waals surface area contributed by atoms with E-state index in [0.717, 1.165) is 6.07 Å². The number of aromatic nitrogens is 2. The van der Waals surface area contributed by atoms with Gasteiger partial charge in [0.15, 0.2) is 9.84 Å². The zero-order valence-electron chi connectivity index (χ0n) is 19.6. The number of para-hydroxylation sites is 1. The molecule has 0 spiro atoms. The smallest absolute Gasteiger partial charge is 0.259 e. The molecular formula is C26H22ClFN4O4S. The maximum atomic E-state index is 14.3. The van der Waals surface area contributed by atoms with Gasteiger partial charge in [0.2, 0.25) is 5.95 Å². The normalized spacial score (nSPS) is 11.2. The molecule has 0 aliphatic heterocycles. The van der Waals surface area contributed by atoms with Crippen molar-refractivity contribution >= 4 is 44.7 Å². The van der Waals surface area contributed by atoms with Crippen LogP contribution >= 0.6 is 11.6 Å². The Labute approximate surface area is 218 Å². The number of anilines is 3. The van der Waals surface area contributed by atoms with Crippen LogP contribution in [0.4, 0.5) is 21.7 Å². The molecule has 190 valence electrons. The van der Waals surface area contributed by atoms with E-state index in [1.165, 1.54) is 36.5 Å². The standard InChI is InChI=1S/C26H22ClFN4O4S/c1-2-37(35,36)23-9-4-3-6-16(23)14-22-19(25(34)32-24-20(27)7-5-8-21(24)28)15-29-26(31-22)30-17-10-12-18(33)13-11-17/h3-13,15,33H,2,14H2,1H3,(H,32,34)(H,29,30,31). The van der Waals surface area contributed by atoms with Crippen LogP contribution in [0, 0.1) is 5.82 Å². The first-order valence-electron chi connectivity index (χ1n) is 11.2. The van der Waals surface area contributed by atoms with Gasteiger partial charge in [-0.3, -0.25) is 4.79 Å². The molecule has 0 atom stereocenters. The van der Waals surface area contributed by atoms with Crippen molar-refractivity contribution < 1.29 is 22.7 Å². The minimum Gasteiger partial charge on any atom is -0.508 e. The van der Waals surface area contributed by atoms with Gasteiger partial charge in [-0.05, 0) is 48.0 Å². The van der Waals surface area contributed by atoms with E-state index in [1.54, 1.807) is 37.3 Å². The molecule has 3 aromatic carbocycles. The molecule has 0 saturated heterocycles. The average molecular weight is 541 g/mol. The molecule has 4 aromatic rings. The van der Waals surface area contributed by atoms with E-state index < -0.39 is 21.6 Å². The maximum absolute atomic E-state index is 14.3. The van der Waals surface area contributed by atoms with Crippen LogP contribution in [0.25, 0.3) is 0 Å². The molecule has 4 rings (SSSR count). The number of halogens is 2. The SMILES string of the molecule is CCS(=O)(=O)c1ccccc1Cc1nc(Nc2ccc(O)cc2)ncc1C(=O)Nc1c(F)cccc1Cl. The van der Waals surface area contributed by atoms with E-state index in [0.29, 0.717) is 11.3 Å². The summed E-state index contributed by atoms with van der Waals surface area (Å²) in [6.45, 7) is 1.55. The van der Waals surface area contributed by atoms with Gasteiger partial charge in [-0.1, -0.05) is 42.8 Å². The van der Waals surface area contributed by atoms with Gasteiger partial charge in [0.1, 0.15) is 11.6 Å².